The molecular weight excluding hydrogens is 369 g/mol. The second-order valence-electron chi connectivity index (χ2n) is 2.99. The molecule has 0 N–H and O–H groups in total. The predicted octanol–water partition coefficient (Wildman–Crippen LogP) is 1.22. The molecule has 1 aromatic carbocycles. The first kappa shape index (κ1) is 9.36. The summed E-state index contributed by atoms with van der Waals surface area (Å²) in [5.74, 6) is 0. The zero-order chi connectivity index (χ0) is 9.38. The zero-order valence-corrected chi connectivity index (χ0v) is 12.5. The summed E-state index contributed by atoms with van der Waals surface area (Å²) < 4.78 is 3.35. The first-order valence-corrected chi connectivity index (χ1v) is 15.7. The van der Waals surface area contributed by atoms with Crippen LogP contribution in [0.25, 0.3) is 4.47 Å². The Labute approximate surface area is 97.3 Å². The van der Waals surface area contributed by atoms with Gasteiger partial charge in [-0.2, -0.15) is 0 Å². The van der Waals surface area contributed by atoms with Crippen LogP contribution in [0, 0.1) is 0 Å². The SMILES string of the molecule is C1=CC2=[Se]([Se]1)[Se]C(c1ccccc1)=C2. The van der Waals surface area contributed by atoms with E-state index in [1.54, 1.807) is 8.89 Å². The van der Waals surface area contributed by atoms with Crippen LogP contribution < -0.4 is 0 Å². The van der Waals surface area contributed by atoms with Crippen LogP contribution in [0.15, 0.2) is 47.5 Å². The molecule has 0 aliphatic carbocycles. The van der Waals surface area contributed by atoms with E-state index < -0.39 is 0 Å². The van der Waals surface area contributed by atoms with Gasteiger partial charge in [-0.25, -0.2) is 0 Å². The van der Waals surface area contributed by atoms with Crippen LogP contribution in [0.2, 0.25) is 0 Å². The van der Waals surface area contributed by atoms with Crippen LogP contribution in [0.3, 0.4) is 0 Å². The Bertz CT molecular complexity index is 455. The Morgan fingerprint density at radius 2 is 1.93 bits per heavy atom. The van der Waals surface area contributed by atoms with E-state index in [0.717, 1.165) is 26.3 Å². The second-order valence-corrected chi connectivity index (χ2v) is 24.0. The van der Waals surface area contributed by atoms with Gasteiger partial charge in [-0.1, -0.05) is 0 Å². The molecule has 0 radical (unpaired) electrons. The number of rotatable bonds is 1. The van der Waals surface area contributed by atoms with Crippen molar-refractivity contribution in [1.29, 1.82) is 0 Å². The fourth-order valence-corrected chi connectivity index (χ4v) is 24.3. The van der Waals surface area contributed by atoms with Gasteiger partial charge in [-0.15, -0.1) is 0 Å². The summed E-state index contributed by atoms with van der Waals surface area (Å²) in [5.41, 5.74) is 1.46. The van der Waals surface area contributed by atoms with Crippen molar-refractivity contribution >= 4 is 45.0 Å². The predicted molar refractivity (Wildman–Crippen MR) is 65.8 cm³/mol. The van der Waals surface area contributed by atoms with Crippen molar-refractivity contribution in [1.82, 2.24) is 0 Å². The molecule has 2 aliphatic rings. The first-order valence-electron chi connectivity index (χ1n) is 4.34. The summed E-state index contributed by atoms with van der Waals surface area (Å²) in [6.07, 6.45) is 4.84. The van der Waals surface area contributed by atoms with Crippen molar-refractivity contribution in [3.05, 3.63) is 53.0 Å². The van der Waals surface area contributed by atoms with E-state index in [2.05, 4.69) is 47.5 Å². The molecular formula is C11H8Se3. The number of benzene rings is 1. The molecule has 1 unspecified atom stereocenters. The monoisotopic (exact) mass is 380 g/mol. The van der Waals surface area contributed by atoms with Crippen molar-refractivity contribution in [2.45, 2.75) is 0 Å². The van der Waals surface area contributed by atoms with Crippen LogP contribution in [-0.4, -0.2) is 40.5 Å². The van der Waals surface area contributed by atoms with Gasteiger partial charge in [-0.3, -0.25) is 0 Å². The van der Waals surface area contributed by atoms with Crippen LogP contribution in [0.5, 0.6) is 0 Å². The number of allylic oxidation sites excluding steroid dienone is 2. The summed E-state index contributed by atoms with van der Waals surface area (Å²) in [6.45, 7) is 0. The van der Waals surface area contributed by atoms with Gasteiger partial charge < -0.3 is 0 Å². The standard InChI is InChI=1S/C11H8Se3/c1-2-4-9(5-3-1)11-8-10-6-7-12-14(10)13-11/h1-8H. The Hall–Kier alpha value is 0.128. The molecule has 0 saturated carbocycles. The summed E-state index contributed by atoms with van der Waals surface area (Å²) in [7, 11) is -0.299. The molecule has 0 amide bonds. The molecule has 0 saturated heterocycles. The van der Waals surface area contributed by atoms with Gasteiger partial charge in [0.2, 0.25) is 0 Å². The summed E-state index contributed by atoms with van der Waals surface area (Å²) in [4.78, 5) is 2.42. The third-order valence-corrected chi connectivity index (χ3v) is 25.0. The average molecular weight is 377 g/mol. The van der Waals surface area contributed by atoms with Crippen LogP contribution in [0.4, 0.5) is 0 Å². The Balaban J connectivity index is 1.95. The third-order valence-electron chi connectivity index (χ3n) is 2.06. The maximum absolute atomic E-state index is 2.46. The van der Waals surface area contributed by atoms with Crippen LogP contribution in [-0.2, 0) is 0 Å². The molecule has 0 spiro atoms. The van der Waals surface area contributed by atoms with Crippen molar-refractivity contribution < 1.29 is 0 Å². The topological polar surface area (TPSA) is 0 Å². The molecule has 0 bridgehead atoms. The number of hydrogen-bond acceptors (Lipinski definition) is 0. The van der Waals surface area contributed by atoms with E-state index in [1.165, 1.54) is 5.56 Å². The molecule has 1 atom stereocenters. The molecule has 0 nitrogen and oxygen atoms in total. The quantitative estimate of drug-likeness (QED) is 0.646. The molecule has 1 aromatic rings. The fraction of sp³-hybridized carbons (Fsp3) is 0. The summed E-state index contributed by atoms with van der Waals surface area (Å²) in [5, 5.41) is 0. The minimum atomic E-state index is -0.299. The van der Waals surface area contributed by atoms with Crippen molar-refractivity contribution in [2.24, 2.45) is 0 Å². The van der Waals surface area contributed by atoms with Gasteiger partial charge in [-0.05, 0) is 0 Å². The van der Waals surface area contributed by atoms with Gasteiger partial charge in [0, 0.05) is 0 Å². The second kappa shape index (κ2) is 3.94. The Morgan fingerprint density at radius 3 is 2.71 bits per heavy atom. The molecule has 0 aromatic heterocycles. The van der Waals surface area contributed by atoms with Crippen LogP contribution in [0.1, 0.15) is 5.56 Å². The van der Waals surface area contributed by atoms with E-state index in [0.29, 0.717) is 0 Å². The van der Waals surface area contributed by atoms with Crippen molar-refractivity contribution in [3.63, 3.8) is 0 Å². The molecule has 3 heteroatoms. The zero-order valence-electron chi connectivity index (χ0n) is 7.34. The van der Waals surface area contributed by atoms with Gasteiger partial charge in [0.15, 0.2) is 0 Å². The van der Waals surface area contributed by atoms with E-state index in [-0.39, 0.29) is 9.81 Å². The number of hydrogen-bond donors (Lipinski definition) is 0. The van der Waals surface area contributed by atoms with Gasteiger partial charge >= 0.3 is 98.0 Å². The van der Waals surface area contributed by atoms with Crippen LogP contribution >= 0.6 is 0 Å². The van der Waals surface area contributed by atoms with E-state index >= 15 is 0 Å². The van der Waals surface area contributed by atoms with Crippen molar-refractivity contribution in [3.8, 4) is 0 Å². The molecule has 3 rings (SSSR count). The normalized spacial score (nSPS) is 23.9. The Morgan fingerprint density at radius 1 is 1.07 bits per heavy atom. The first-order chi connectivity index (χ1) is 6.93. The van der Waals surface area contributed by atoms with Crippen molar-refractivity contribution in [2.75, 3.05) is 0 Å². The van der Waals surface area contributed by atoms with Gasteiger partial charge in [0.1, 0.15) is 0 Å². The molecule has 0 fully saturated rings. The molecule has 70 valence electrons. The van der Waals surface area contributed by atoms with Gasteiger partial charge in [0.05, 0.1) is 0 Å². The van der Waals surface area contributed by atoms with E-state index in [4.69, 9.17) is 0 Å². The maximum atomic E-state index is 2.46. The molecule has 2 aliphatic heterocycles. The minimum absolute atomic E-state index is 0.299. The molecule has 2 heterocycles. The fourth-order valence-electron chi connectivity index (χ4n) is 1.39. The third kappa shape index (κ3) is 1.65. The average Bonchev–Trinajstić information content (AvgIpc) is 2.78. The van der Waals surface area contributed by atoms with Gasteiger partial charge in [0.25, 0.3) is 0 Å². The summed E-state index contributed by atoms with van der Waals surface area (Å²) >= 11 is 1.67. The molecule has 14 heavy (non-hydrogen) atoms. The Kier molecular flexibility index (Phi) is 2.64. The van der Waals surface area contributed by atoms with E-state index in [9.17, 15) is 0 Å². The summed E-state index contributed by atoms with van der Waals surface area (Å²) in [6, 6.07) is 10.9. The van der Waals surface area contributed by atoms with E-state index in [1.807, 2.05) is 0 Å².